The molecule has 0 radical (unpaired) electrons. The van der Waals surface area contributed by atoms with Gasteiger partial charge in [0.05, 0.1) is 0 Å². The van der Waals surface area contributed by atoms with Gasteiger partial charge in [0.1, 0.15) is 0 Å². The molecule has 2 heteroatoms. The second-order valence-corrected chi connectivity index (χ2v) is 1.88. The van der Waals surface area contributed by atoms with E-state index in [4.69, 9.17) is 0 Å². The minimum atomic E-state index is 0.0953. The fourth-order valence-electron chi connectivity index (χ4n) is 0.514. The zero-order valence-electron chi connectivity index (χ0n) is 6.53. The van der Waals surface area contributed by atoms with Crippen LogP contribution in [-0.4, -0.2) is 12.5 Å². The van der Waals surface area contributed by atoms with Gasteiger partial charge in [-0.15, -0.1) is 11.8 Å². The van der Waals surface area contributed by atoms with Gasteiger partial charge < -0.3 is 5.32 Å². The van der Waals surface area contributed by atoms with E-state index in [9.17, 15) is 4.79 Å². The summed E-state index contributed by atoms with van der Waals surface area (Å²) in [7, 11) is 0. The Morgan fingerprint density at radius 2 is 2.30 bits per heavy atom. The molecule has 0 bridgehead atoms. The summed E-state index contributed by atoms with van der Waals surface area (Å²) < 4.78 is 0. The SMILES string of the molecule is CC#CCCNC(=O)CC. The smallest absolute Gasteiger partial charge is 0.219 e. The van der Waals surface area contributed by atoms with Crippen molar-refractivity contribution in [2.24, 2.45) is 0 Å². The zero-order chi connectivity index (χ0) is 7.82. The standard InChI is InChI=1S/C8H13NO/c1-3-5-6-7-9-8(10)4-2/h4,6-7H2,1-2H3,(H,9,10). The Labute approximate surface area is 62.0 Å². The van der Waals surface area contributed by atoms with Crippen molar-refractivity contribution in [1.82, 2.24) is 5.32 Å². The van der Waals surface area contributed by atoms with Gasteiger partial charge in [0.25, 0.3) is 0 Å². The molecule has 1 amide bonds. The van der Waals surface area contributed by atoms with Crippen LogP contribution in [0.15, 0.2) is 0 Å². The van der Waals surface area contributed by atoms with E-state index in [0.29, 0.717) is 13.0 Å². The van der Waals surface area contributed by atoms with E-state index in [-0.39, 0.29) is 5.91 Å². The molecule has 1 N–H and O–H groups in total. The summed E-state index contributed by atoms with van der Waals surface area (Å²) in [5.41, 5.74) is 0. The summed E-state index contributed by atoms with van der Waals surface area (Å²) in [6.07, 6.45) is 1.31. The van der Waals surface area contributed by atoms with Crippen LogP contribution in [-0.2, 0) is 4.79 Å². The number of rotatable bonds is 3. The summed E-state index contributed by atoms with van der Waals surface area (Å²) in [6, 6.07) is 0. The van der Waals surface area contributed by atoms with Crippen LogP contribution in [0.2, 0.25) is 0 Å². The van der Waals surface area contributed by atoms with E-state index < -0.39 is 0 Å². The molecule has 0 aromatic heterocycles. The number of carbonyl (C=O) groups excluding carboxylic acids is 1. The predicted octanol–water partition coefficient (Wildman–Crippen LogP) is 0.926. The van der Waals surface area contributed by atoms with Crippen LogP contribution in [0.4, 0.5) is 0 Å². The molecule has 0 saturated heterocycles. The van der Waals surface area contributed by atoms with E-state index in [1.165, 1.54) is 0 Å². The quantitative estimate of drug-likeness (QED) is 0.457. The molecule has 0 aromatic rings. The number of carbonyl (C=O) groups is 1. The molecule has 0 spiro atoms. The maximum atomic E-state index is 10.6. The predicted molar refractivity (Wildman–Crippen MR) is 41.4 cm³/mol. The fraction of sp³-hybridized carbons (Fsp3) is 0.625. The van der Waals surface area contributed by atoms with Gasteiger partial charge in [-0.25, -0.2) is 0 Å². The minimum absolute atomic E-state index is 0.0953. The van der Waals surface area contributed by atoms with Crippen molar-refractivity contribution in [2.45, 2.75) is 26.7 Å². The molecular formula is C8H13NO. The number of hydrogen-bond donors (Lipinski definition) is 1. The Morgan fingerprint density at radius 3 is 2.80 bits per heavy atom. The van der Waals surface area contributed by atoms with Crippen molar-refractivity contribution in [3.8, 4) is 11.8 Å². The van der Waals surface area contributed by atoms with E-state index in [0.717, 1.165) is 6.42 Å². The Bertz CT molecular complexity index is 152. The number of amides is 1. The lowest BCUT2D eigenvalue weighted by Gasteiger charge is -1.97. The molecule has 2 nitrogen and oxygen atoms in total. The van der Waals surface area contributed by atoms with Crippen molar-refractivity contribution in [3.05, 3.63) is 0 Å². The zero-order valence-corrected chi connectivity index (χ0v) is 6.53. The van der Waals surface area contributed by atoms with Crippen LogP contribution < -0.4 is 5.32 Å². The molecule has 0 unspecified atom stereocenters. The minimum Gasteiger partial charge on any atom is -0.355 e. The van der Waals surface area contributed by atoms with Crippen molar-refractivity contribution < 1.29 is 4.79 Å². The summed E-state index contributed by atoms with van der Waals surface area (Å²) in [6.45, 7) is 4.30. The van der Waals surface area contributed by atoms with Gasteiger partial charge in [0.15, 0.2) is 0 Å². The molecule has 56 valence electrons. The highest BCUT2D eigenvalue weighted by molar-refractivity contribution is 5.75. The lowest BCUT2D eigenvalue weighted by atomic mass is 10.4. The van der Waals surface area contributed by atoms with Crippen LogP contribution >= 0.6 is 0 Å². The Balaban J connectivity index is 3.17. The fourth-order valence-corrected chi connectivity index (χ4v) is 0.514. The van der Waals surface area contributed by atoms with E-state index in [2.05, 4.69) is 17.2 Å². The average Bonchev–Trinajstić information content (AvgIpc) is 1.98. The van der Waals surface area contributed by atoms with E-state index in [1.807, 2.05) is 6.92 Å². The van der Waals surface area contributed by atoms with E-state index >= 15 is 0 Å². The molecule has 0 fully saturated rings. The van der Waals surface area contributed by atoms with Gasteiger partial charge in [-0.2, -0.15) is 0 Å². The van der Waals surface area contributed by atoms with Gasteiger partial charge in [-0.3, -0.25) is 4.79 Å². The molecule has 0 atom stereocenters. The summed E-state index contributed by atoms with van der Waals surface area (Å²) in [4.78, 5) is 10.6. The van der Waals surface area contributed by atoms with E-state index in [1.54, 1.807) is 6.92 Å². The first-order valence-corrected chi connectivity index (χ1v) is 3.47. The normalized spacial score (nSPS) is 7.80. The maximum absolute atomic E-state index is 10.6. The van der Waals surface area contributed by atoms with Gasteiger partial charge in [-0.1, -0.05) is 6.92 Å². The van der Waals surface area contributed by atoms with Gasteiger partial charge in [0, 0.05) is 19.4 Å². The second kappa shape index (κ2) is 6.15. The molecule has 0 aliphatic rings. The number of nitrogens with one attached hydrogen (secondary N) is 1. The second-order valence-electron chi connectivity index (χ2n) is 1.88. The first kappa shape index (κ1) is 9.03. The molecule has 0 aliphatic heterocycles. The third kappa shape index (κ3) is 5.17. The molecule has 10 heavy (non-hydrogen) atoms. The molecule has 0 heterocycles. The van der Waals surface area contributed by atoms with Crippen molar-refractivity contribution in [2.75, 3.05) is 6.54 Å². The Morgan fingerprint density at radius 1 is 1.60 bits per heavy atom. The monoisotopic (exact) mass is 139 g/mol. The maximum Gasteiger partial charge on any atom is 0.219 e. The highest BCUT2D eigenvalue weighted by atomic mass is 16.1. The number of hydrogen-bond acceptors (Lipinski definition) is 1. The molecule has 0 aromatic carbocycles. The van der Waals surface area contributed by atoms with Crippen molar-refractivity contribution in [3.63, 3.8) is 0 Å². The third-order valence-electron chi connectivity index (χ3n) is 1.07. The Kier molecular flexibility index (Phi) is 5.56. The molecule has 0 saturated carbocycles. The van der Waals surface area contributed by atoms with Crippen LogP contribution in [0.1, 0.15) is 26.7 Å². The topological polar surface area (TPSA) is 29.1 Å². The molecular weight excluding hydrogens is 126 g/mol. The Hall–Kier alpha value is -0.970. The first-order chi connectivity index (χ1) is 4.81. The van der Waals surface area contributed by atoms with Gasteiger partial charge >= 0.3 is 0 Å². The largest absolute Gasteiger partial charge is 0.355 e. The lowest BCUT2D eigenvalue weighted by molar-refractivity contribution is -0.120. The highest BCUT2D eigenvalue weighted by Crippen LogP contribution is 1.76. The summed E-state index contributed by atoms with van der Waals surface area (Å²) in [5, 5.41) is 2.73. The highest BCUT2D eigenvalue weighted by Gasteiger charge is 1.91. The van der Waals surface area contributed by atoms with Crippen LogP contribution in [0.25, 0.3) is 0 Å². The lowest BCUT2D eigenvalue weighted by Crippen LogP contribution is -2.22. The first-order valence-electron chi connectivity index (χ1n) is 3.47. The van der Waals surface area contributed by atoms with Crippen LogP contribution in [0.3, 0.4) is 0 Å². The van der Waals surface area contributed by atoms with Crippen LogP contribution in [0, 0.1) is 11.8 Å². The average molecular weight is 139 g/mol. The summed E-state index contributed by atoms with van der Waals surface area (Å²) in [5.74, 6) is 5.72. The summed E-state index contributed by atoms with van der Waals surface area (Å²) >= 11 is 0. The van der Waals surface area contributed by atoms with Crippen LogP contribution in [0.5, 0.6) is 0 Å². The van der Waals surface area contributed by atoms with Crippen molar-refractivity contribution >= 4 is 5.91 Å². The van der Waals surface area contributed by atoms with Gasteiger partial charge in [-0.05, 0) is 6.92 Å². The van der Waals surface area contributed by atoms with Crippen molar-refractivity contribution in [1.29, 1.82) is 0 Å². The van der Waals surface area contributed by atoms with Gasteiger partial charge in [0.2, 0.25) is 5.91 Å². The molecule has 0 rings (SSSR count). The molecule has 0 aliphatic carbocycles. The third-order valence-corrected chi connectivity index (χ3v) is 1.07.